The van der Waals surface area contributed by atoms with E-state index in [-0.39, 0.29) is 11.3 Å². The molecule has 0 radical (unpaired) electrons. The quantitative estimate of drug-likeness (QED) is 0.819. The Balaban J connectivity index is 2.47. The van der Waals surface area contributed by atoms with Crippen molar-refractivity contribution in [2.24, 2.45) is 0 Å². The molecule has 0 aliphatic carbocycles. The van der Waals surface area contributed by atoms with Crippen molar-refractivity contribution < 1.29 is 14.2 Å². The predicted octanol–water partition coefficient (Wildman–Crippen LogP) is 2.50. The maximum absolute atomic E-state index is 14.0. The van der Waals surface area contributed by atoms with Gasteiger partial charge < -0.3 is 15.6 Å². The minimum atomic E-state index is -1.11. The lowest BCUT2D eigenvalue weighted by atomic mass is 9.99. The predicted molar refractivity (Wildman–Crippen MR) is 67.9 cm³/mol. The molecule has 2 aromatic carbocycles. The van der Waals surface area contributed by atoms with Crippen molar-refractivity contribution in [3.05, 3.63) is 59.4 Å². The summed E-state index contributed by atoms with van der Waals surface area (Å²) in [5.74, 6) is -0.475. The fourth-order valence-corrected chi connectivity index (χ4v) is 1.82. The number of hydrogen-bond acceptors (Lipinski definition) is 3. The first kappa shape index (κ1) is 12.4. The van der Waals surface area contributed by atoms with Crippen molar-refractivity contribution in [2.75, 3.05) is 12.8 Å². The standard InChI is InChI=1S/C14H14FNO2/c1-18-12-8-4-6-10(13(12)15)14(17)9-5-2-3-7-11(9)16/h2-8,14,17H,16H2,1H3. The summed E-state index contributed by atoms with van der Waals surface area (Å²) < 4.78 is 18.9. The molecule has 4 heteroatoms. The van der Waals surface area contributed by atoms with Gasteiger partial charge in [-0.3, -0.25) is 0 Å². The van der Waals surface area contributed by atoms with E-state index >= 15 is 0 Å². The monoisotopic (exact) mass is 247 g/mol. The normalized spacial score (nSPS) is 12.2. The Labute approximate surface area is 105 Å². The van der Waals surface area contributed by atoms with Crippen LogP contribution in [0.2, 0.25) is 0 Å². The van der Waals surface area contributed by atoms with Crippen LogP contribution in [0.5, 0.6) is 5.75 Å². The van der Waals surface area contributed by atoms with Crippen molar-refractivity contribution in [2.45, 2.75) is 6.10 Å². The van der Waals surface area contributed by atoms with Gasteiger partial charge in [-0.25, -0.2) is 4.39 Å². The van der Waals surface area contributed by atoms with Crippen LogP contribution in [0, 0.1) is 5.82 Å². The molecule has 0 aromatic heterocycles. The van der Waals surface area contributed by atoms with E-state index in [4.69, 9.17) is 10.5 Å². The van der Waals surface area contributed by atoms with Crippen molar-refractivity contribution in [3.63, 3.8) is 0 Å². The maximum atomic E-state index is 14.0. The highest BCUT2D eigenvalue weighted by Crippen LogP contribution is 2.31. The SMILES string of the molecule is COc1cccc(C(O)c2ccccc2N)c1F. The molecule has 0 aliphatic heterocycles. The summed E-state index contributed by atoms with van der Waals surface area (Å²) in [6, 6.07) is 11.5. The molecular formula is C14H14FNO2. The smallest absolute Gasteiger partial charge is 0.171 e. The molecule has 3 N–H and O–H groups in total. The van der Waals surface area contributed by atoms with E-state index in [0.717, 1.165) is 0 Å². The zero-order chi connectivity index (χ0) is 13.1. The summed E-state index contributed by atoms with van der Waals surface area (Å²) in [7, 11) is 1.38. The van der Waals surface area contributed by atoms with Crippen molar-refractivity contribution in [1.82, 2.24) is 0 Å². The van der Waals surface area contributed by atoms with E-state index in [1.807, 2.05) is 0 Å². The van der Waals surface area contributed by atoms with Gasteiger partial charge in [0.2, 0.25) is 0 Å². The Morgan fingerprint density at radius 3 is 2.44 bits per heavy atom. The van der Waals surface area contributed by atoms with Crippen LogP contribution in [0.25, 0.3) is 0 Å². The molecule has 0 heterocycles. The Bertz CT molecular complexity index is 557. The van der Waals surface area contributed by atoms with Crippen LogP contribution in [0.3, 0.4) is 0 Å². The Morgan fingerprint density at radius 1 is 1.11 bits per heavy atom. The zero-order valence-corrected chi connectivity index (χ0v) is 9.93. The van der Waals surface area contributed by atoms with Crippen LogP contribution in [-0.2, 0) is 0 Å². The third-order valence-corrected chi connectivity index (χ3v) is 2.80. The zero-order valence-electron chi connectivity index (χ0n) is 9.93. The molecule has 0 fully saturated rings. The first-order valence-corrected chi connectivity index (χ1v) is 5.50. The van der Waals surface area contributed by atoms with Crippen molar-refractivity contribution in [1.29, 1.82) is 0 Å². The maximum Gasteiger partial charge on any atom is 0.171 e. The summed E-state index contributed by atoms with van der Waals surface area (Å²) in [5, 5.41) is 10.2. The summed E-state index contributed by atoms with van der Waals surface area (Å²) in [6.07, 6.45) is -1.11. The largest absolute Gasteiger partial charge is 0.494 e. The van der Waals surface area contributed by atoms with E-state index in [1.165, 1.54) is 19.2 Å². The van der Waals surface area contributed by atoms with Gasteiger partial charge in [-0.15, -0.1) is 0 Å². The number of halogens is 1. The van der Waals surface area contributed by atoms with Gasteiger partial charge in [0, 0.05) is 16.8 Å². The van der Waals surface area contributed by atoms with Gasteiger partial charge in [-0.2, -0.15) is 0 Å². The van der Waals surface area contributed by atoms with Gasteiger partial charge >= 0.3 is 0 Å². The molecule has 1 unspecified atom stereocenters. The first-order valence-electron chi connectivity index (χ1n) is 5.50. The molecule has 0 saturated carbocycles. The van der Waals surface area contributed by atoms with Crippen molar-refractivity contribution >= 4 is 5.69 Å². The number of aliphatic hydroxyl groups excluding tert-OH is 1. The second-order valence-electron chi connectivity index (χ2n) is 3.89. The Morgan fingerprint density at radius 2 is 1.78 bits per heavy atom. The number of para-hydroxylation sites is 1. The van der Waals surface area contributed by atoms with Gasteiger partial charge in [-0.1, -0.05) is 30.3 Å². The highest BCUT2D eigenvalue weighted by atomic mass is 19.1. The fraction of sp³-hybridized carbons (Fsp3) is 0.143. The Kier molecular flexibility index (Phi) is 3.48. The number of rotatable bonds is 3. The summed E-state index contributed by atoms with van der Waals surface area (Å²) in [4.78, 5) is 0. The molecule has 2 rings (SSSR count). The van der Waals surface area contributed by atoms with E-state index in [9.17, 15) is 9.50 Å². The van der Waals surface area contributed by atoms with Gasteiger partial charge in [0.1, 0.15) is 6.10 Å². The first-order chi connectivity index (χ1) is 8.65. The highest BCUT2D eigenvalue weighted by Gasteiger charge is 2.19. The third-order valence-electron chi connectivity index (χ3n) is 2.80. The average molecular weight is 247 g/mol. The van der Waals surface area contributed by atoms with Crippen LogP contribution in [0.15, 0.2) is 42.5 Å². The highest BCUT2D eigenvalue weighted by molar-refractivity contribution is 5.51. The third kappa shape index (κ3) is 2.15. The summed E-state index contributed by atoms with van der Waals surface area (Å²) in [6.45, 7) is 0. The molecule has 1 atom stereocenters. The van der Waals surface area contributed by atoms with Crippen molar-refractivity contribution in [3.8, 4) is 5.75 Å². The molecule has 2 aromatic rings. The molecule has 94 valence electrons. The van der Waals surface area contributed by atoms with E-state index in [2.05, 4.69) is 0 Å². The molecule has 0 amide bonds. The summed E-state index contributed by atoms with van der Waals surface area (Å²) >= 11 is 0. The topological polar surface area (TPSA) is 55.5 Å². The van der Waals surface area contributed by atoms with Crippen LogP contribution in [0.4, 0.5) is 10.1 Å². The number of benzene rings is 2. The Hall–Kier alpha value is -2.07. The molecule has 0 spiro atoms. The van der Waals surface area contributed by atoms with Crippen LogP contribution >= 0.6 is 0 Å². The van der Waals surface area contributed by atoms with Crippen LogP contribution in [-0.4, -0.2) is 12.2 Å². The number of nitrogens with two attached hydrogens (primary N) is 1. The molecule has 0 aliphatic rings. The number of hydrogen-bond donors (Lipinski definition) is 2. The number of ether oxygens (including phenoxy) is 1. The minimum absolute atomic E-state index is 0.0982. The molecule has 0 saturated heterocycles. The number of nitrogen functional groups attached to an aromatic ring is 1. The number of methoxy groups -OCH3 is 1. The van der Waals surface area contributed by atoms with Gasteiger partial charge in [0.05, 0.1) is 7.11 Å². The van der Waals surface area contributed by atoms with E-state index in [0.29, 0.717) is 11.3 Å². The van der Waals surface area contributed by atoms with Gasteiger partial charge in [0.15, 0.2) is 11.6 Å². The summed E-state index contributed by atoms with van der Waals surface area (Å²) in [5.41, 5.74) is 6.81. The minimum Gasteiger partial charge on any atom is -0.494 e. The van der Waals surface area contributed by atoms with Crippen LogP contribution < -0.4 is 10.5 Å². The second kappa shape index (κ2) is 5.06. The lowest BCUT2D eigenvalue weighted by molar-refractivity contribution is 0.214. The van der Waals surface area contributed by atoms with Gasteiger partial charge in [-0.05, 0) is 12.1 Å². The van der Waals surface area contributed by atoms with Crippen LogP contribution in [0.1, 0.15) is 17.2 Å². The fourth-order valence-electron chi connectivity index (χ4n) is 1.82. The molecule has 0 bridgehead atoms. The lowest BCUT2D eigenvalue weighted by Crippen LogP contribution is -2.06. The van der Waals surface area contributed by atoms with E-state index < -0.39 is 11.9 Å². The van der Waals surface area contributed by atoms with E-state index in [1.54, 1.807) is 30.3 Å². The molecule has 3 nitrogen and oxygen atoms in total. The molecule has 18 heavy (non-hydrogen) atoms. The second-order valence-corrected chi connectivity index (χ2v) is 3.89. The average Bonchev–Trinajstić information content (AvgIpc) is 2.39. The molecular weight excluding hydrogens is 233 g/mol. The van der Waals surface area contributed by atoms with Gasteiger partial charge in [0.25, 0.3) is 0 Å². The number of anilines is 1. The lowest BCUT2D eigenvalue weighted by Gasteiger charge is -2.15. The number of aliphatic hydroxyl groups is 1.